The Bertz CT molecular complexity index is 1340. The molecule has 0 saturated carbocycles. The van der Waals surface area contributed by atoms with Crippen molar-refractivity contribution in [2.75, 3.05) is 5.32 Å². The molecule has 0 aliphatic heterocycles. The monoisotopic (exact) mass is 374 g/mol. The zero-order chi connectivity index (χ0) is 19.8. The highest BCUT2D eigenvalue weighted by Gasteiger charge is 2.14. The molecule has 0 unspecified atom stereocenters. The zero-order valence-electron chi connectivity index (χ0n) is 16.4. The summed E-state index contributed by atoms with van der Waals surface area (Å²) >= 11 is 0. The Labute approximate surface area is 170 Å². The summed E-state index contributed by atoms with van der Waals surface area (Å²) in [6.07, 6.45) is 1.92. The van der Waals surface area contributed by atoms with Gasteiger partial charge in [0.15, 0.2) is 0 Å². The van der Waals surface area contributed by atoms with Gasteiger partial charge < -0.3 is 9.88 Å². The van der Waals surface area contributed by atoms with Crippen LogP contribution in [0, 0.1) is 6.92 Å². The van der Waals surface area contributed by atoms with E-state index in [2.05, 4.69) is 96.2 Å². The van der Waals surface area contributed by atoms with Crippen molar-refractivity contribution in [3.8, 4) is 5.69 Å². The summed E-state index contributed by atoms with van der Waals surface area (Å²) in [5.74, 6) is 0. The lowest BCUT2D eigenvalue weighted by Crippen LogP contribution is -1.97. The van der Waals surface area contributed by atoms with Crippen molar-refractivity contribution in [1.29, 1.82) is 0 Å². The van der Waals surface area contributed by atoms with E-state index in [9.17, 15) is 0 Å². The summed E-state index contributed by atoms with van der Waals surface area (Å²) in [5, 5.41) is 6.05. The van der Waals surface area contributed by atoms with Crippen molar-refractivity contribution in [1.82, 2.24) is 4.57 Å². The fourth-order valence-corrected chi connectivity index (χ4v) is 4.03. The molecule has 1 N–H and O–H groups in total. The highest BCUT2D eigenvalue weighted by molar-refractivity contribution is 6.11. The Hall–Kier alpha value is -3.78. The molecule has 0 fully saturated rings. The van der Waals surface area contributed by atoms with Gasteiger partial charge in [-0.3, -0.25) is 0 Å². The first-order chi connectivity index (χ1) is 14.2. The molecule has 0 radical (unpaired) electrons. The molecule has 0 saturated heterocycles. The van der Waals surface area contributed by atoms with Crippen molar-refractivity contribution in [3.05, 3.63) is 109 Å². The van der Waals surface area contributed by atoms with E-state index in [1.165, 1.54) is 33.1 Å². The Morgan fingerprint density at radius 3 is 2.34 bits per heavy atom. The summed E-state index contributed by atoms with van der Waals surface area (Å²) in [6, 6.07) is 32.0. The van der Waals surface area contributed by atoms with Gasteiger partial charge in [0.2, 0.25) is 0 Å². The van der Waals surface area contributed by atoms with E-state index < -0.39 is 0 Å². The fourth-order valence-electron chi connectivity index (χ4n) is 4.03. The maximum Gasteiger partial charge on any atom is 0.0562 e. The molecular weight excluding hydrogens is 352 g/mol. The number of nitrogens with zero attached hydrogens (tertiary/aromatic N) is 1. The molecule has 0 atom stereocenters. The standard InChI is InChI=1S/C27H22N2/c1-3-20-17-24-23-14-7-8-15-26(23)29(22-13-9-10-19(2)16-22)27(24)18-25(20)28-21-11-5-4-6-12-21/h3-18,28H,1H2,2H3. The molecule has 2 heteroatoms. The van der Waals surface area contributed by atoms with Crippen LogP contribution in [0.15, 0.2) is 97.6 Å². The summed E-state index contributed by atoms with van der Waals surface area (Å²) in [7, 11) is 0. The van der Waals surface area contributed by atoms with E-state index in [1.54, 1.807) is 0 Å². The Morgan fingerprint density at radius 2 is 1.55 bits per heavy atom. The van der Waals surface area contributed by atoms with E-state index in [1.807, 2.05) is 24.3 Å². The number of benzene rings is 4. The molecule has 5 rings (SSSR count). The third-order valence-corrected chi connectivity index (χ3v) is 5.38. The van der Waals surface area contributed by atoms with E-state index >= 15 is 0 Å². The molecule has 4 aromatic carbocycles. The van der Waals surface area contributed by atoms with Crippen molar-refractivity contribution in [2.45, 2.75) is 6.92 Å². The second-order valence-electron chi connectivity index (χ2n) is 7.34. The van der Waals surface area contributed by atoms with Crippen LogP contribution in [0.1, 0.15) is 11.1 Å². The molecule has 0 aliphatic carbocycles. The van der Waals surface area contributed by atoms with Gasteiger partial charge in [-0.15, -0.1) is 0 Å². The third kappa shape index (κ3) is 2.99. The van der Waals surface area contributed by atoms with E-state index in [-0.39, 0.29) is 0 Å². The number of hydrogen-bond acceptors (Lipinski definition) is 1. The Kier molecular flexibility index (Phi) is 4.18. The van der Waals surface area contributed by atoms with E-state index in [0.29, 0.717) is 0 Å². The Morgan fingerprint density at radius 1 is 0.759 bits per heavy atom. The zero-order valence-corrected chi connectivity index (χ0v) is 16.4. The number of rotatable bonds is 4. The SMILES string of the molecule is C=Cc1cc2c3ccccc3n(-c3cccc(C)c3)c2cc1Nc1ccccc1. The number of nitrogens with one attached hydrogen (secondary N) is 1. The van der Waals surface area contributed by atoms with Gasteiger partial charge in [0.05, 0.1) is 11.0 Å². The maximum atomic E-state index is 4.05. The smallest absolute Gasteiger partial charge is 0.0562 e. The topological polar surface area (TPSA) is 17.0 Å². The van der Waals surface area contributed by atoms with Crippen molar-refractivity contribution < 1.29 is 0 Å². The van der Waals surface area contributed by atoms with E-state index in [0.717, 1.165) is 16.9 Å². The summed E-state index contributed by atoms with van der Waals surface area (Å²) in [4.78, 5) is 0. The molecule has 5 aromatic rings. The number of aryl methyl sites for hydroxylation is 1. The number of para-hydroxylation sites is 2. The van der Waals surface area contributed by atoms with Crippen LogP contribution < -0.4 is 5.32 Å². The minimum absolute atomic E-state index is 1.05. The lowest BCUT2D eigenvalue weighted by atomic mass is 10.1. The van der Waals surface area contributed by atoms with Gasteiger partial charge in [0.25, 0.3) is 0 Å². The van der Waals surface area contributed by atoms with Gasteiger partial charge in [0.1, 0.15) is 0 Å². The van der Waals surface area contributed by atoms with Gasteiger partial charge in [-0.05, 0) is 60.5 Å². The quantitative estimate of drug-likeness (QED) is 0.345. The molecule has 140 valence electrons. The van der Waals surface area contributed by atoms with Gasteiger partial charge in [0, 0.05) is 27.8 Å². The van der Waals surface area contributed by atoms with Gasteiger partial charge in [-0.1, -0.05) is 61.2 Å². The molecule has 0 aliphatic rings. The summed E-state index contributed by atoms with van der Waals surface area (Å²) in [5.41, 5.74) is 8.02. The highest BCUT2D eigenvalue weighted by Crippen LogP contribution is 2.36. The molecule has 1 aromatic heterocycles. The van der Waals surface area contributed by atoms with Crippen LogP contribution in [0.4, 0.5) is 11.4 Å². The van der Waals surface area contributed by atoms with Crippen LogP contribution >= 0.6 is 0 Å². The number of aromatic nitrogens is 1. The largest absolute Gasteiger partial charge is 0.355 e. The molecule has 0 spiro atoms. The summed E-state index contributed by atoms with van der Waals surface area (Å²) < 4.78 is 2.35. The van der Waals surface area contributed by atoms with Crippen molar-refractivity contribution in [3.63, 3.8) is 0 Å². The normalized spacial score (nSPS) is 11.1. The lowest BCUT2D eigenvalue weighted by Gasteiger charge is -2.13. The van der Waals surface area contributed by atoms with Gasteiger partial charge in [-0.25, -0.2) is 0 Å². The highest BCUT2D eigenvalue weighted by atomic mass is 15.0. The molecule has 0 amide bonds. The number of anilines is 2. The molecule has 0 bridgehead atoms. The first-order valence-electron chi connectivity index (χ1n) is 9.83. The molecular formula is C27H22N2. The van der Waals surface area contributed by atoms with E-state index in [4.69, 9.17) is 0 Å². The van der Waals surface area contributed by atoms with Crippen LogP contribution in [-0.4, -0.2) is 4.57 Å². The predicted molar refractivity (Wildman–Crippen MR) is 125 cm³/mol. The van der Waals surface area contributed by atoms with Crippen LogP contribution in [0.25, 0.3) is 33.6 Å². The Balaban J connectivity index is 1.82. The van der Waals surface area contributed by atoms with Crippen LogP contribution in [-0.2, 0) is 0 Å². The van der Waals surface area contributed by atoms with Gasteiger partial charge in [-0.2, -0.15) is 0 Å². The second kappa shape index (κ2) is 6.99. The minimum atomic E-state index is 1.05. The average molecular weight is 374 g/mol. The number of hydrogen-bond donors (Lipinski definition) is 1. The third-order valence-electron chi connectivity index (χ3n) is 5.38. The minimum Gasteiger partial charge on any atom is -0.355 e. The van der Waals surface area contributed by atoms with Crippen LogP contribution in [0.3, 0.4) is 0 Å². The van der Waals surface area contributed by atoms with Crippen LogP contribution in [0.5, 0.6) is 0 Å². The first-order valence-corrected chi connectivity index (χ1v) is 9.83. The fraction of sp³-hybridized carbons (Fsp3) is 0.0370. The predicted octanol–water partition coefficient (Wildman–Crippen LogP) is 7.48. The maximum absolute atomic E-state index is 4.05. The second-order valence-corrected chi connectivity index (χ2v) is 7.34. The average Bonchev–Trinajstić information content (AvgIpc) is 3.07. The first kappa shape index (κ1) is 17.3. The van der Waals surface area contributed by atoms with Gasteiger partial charge >= 0.3 is 0 Å². The molecule has 2 nitrogen and oxygen atoms in total. The summed E-state index contributed by atoms with van der Waals surface area (Å²) in [6.45, 7) is 6.18. The van der Waals surface area contributed by atoms with Crippen molar-refractivity contribution in [2.24, 2.45) is 0 Å². The van der Waals surface area contributed by atoms with Crippen molar-refractivity contribution >= 4 is 39.3 Å². The number of fused-ring (bicyclic) bond motifs is 3. The lowest BCUT2D eigenvalue weighted by molar-refractivity contribution is 1.17. The molecule has 29 heavy (non-hydrogen) atoms. The molecule has 1 heterocycles. The van der Waals surface area contributed by atoms with Crippen LogP contribution in [0.2, 0.25) is 0 Å².